The maximum atomic E-state index is 12.7. The van der Waals surface area contributed by atoms with Gasteiger partial charge in [0.15, 0.2) is 0 Å². The first-order valence-electron chi connectivity index (χ1n) is 9.53. The van der Waals surface area contributed by atoms with Crippen LogP contribution in [0.1, 0.15) is 28.9 Å². The number of carboxylic acids is 1. The predicted molar refractivity (Wildman–Crippen MR) is 105 cm³/mol. The number of morpholine rings is 1. The standard InChI is InChI=1S/C18H20N2O3S.C2HF3O2/c21-18(13-6-10-24-12-13)20-8-9-22-17-15(20)4-5-16(17)23-11-14-3-1-2-7-19-14;3-2(4,5)1(6)7/h1-3,6-7,10,12,15-17H,4-5,8-9,11H2;(H,6,7)/t15-,16-,17+;/m0./s1. The summed E-state index contributed by atoms with van der Waals surface area (Å²) in [7, 11) is 0. The highest BCUT2D eigenvalue weighted by Gasteiger charge is 2.45. The van der Waals surface area contributed by atoms with Crippen molar-refractivity contribution in [2.75, 3.05) is 13.2 Å². The first kappa shape index (κ1) is 23.2. The molecule has 1 aliphatic carbocycles. The number of hydrogen-bond donors (Lipinski definition) is 1. The molecule has 0 bridgehead atoms. The highest BCUT2D eigenvalue weighted by molar-refractivity contribution is 7.08. The number of halogens is 3. The molecule has 4 rings (SSSR count). The molecule has 2 aromatic heterocycles. The van der Waals surface area contributed by atoms with Crippen LogP contribution in [0, 0.1) is 0 Å². The van der Waals surface area contributed by atoms with Crippen LogP contribution < -0.4 is 0 Å². The molecule has 0 radical (unpaired) electrons. The van der Waals surface area contributed by atoms with Crippen LogP contribution in [-0.4, -0.2) is 64.4 Å². The number of carboxylic acid groups (broad SMARTS) is 1. The topological polar surface area (TPSA) is 89.0 Å². The van der Waals surface area contributed by atoms with Crippen LogP contribution >= 0.6 is 11.3 Å². The number of aliphatic carboxylic acids is 1. The quantitative estimate of drug-likeness (QED) is 0.756. The Bertz CT molecular complexity index is 863. The zero-order chi connectivity index (χ0) is 22.4. The summed E-state index contributed by atoms with van der Waals surface area (Å²) in [5, 5.41) is 11.0. The highest BCUT2D eigenvalue weighted by atomic mass is 32.1. The lowest BCUT2D eigenvalue weighted by molar-refractivity contribution is -0.192. The molecule has 1 saturated heterocycles. The Morgan fingerprint density at radius 1 is 1.29 bits per heavy atom. The second-order valence-corrected chi connectivity index (χ2v) is 7.74. The number of thiophene rings is 1. The van der Waals surface area contributed by atoms with Gasteiger partial charge < -0.3 is 19.5 Å². The number of hydrogen-bond acceptors (Lipinski definition) is 6. The summed E-state index contributed by atoms with van der Waals surface area (Å²) >= 11 is 1.55. The number of alkyl halides is 3. The molecule has 2 aliphatic rings. The highest BCUT2D eigenvalue weighted by Crippen LogP contribution is 2.33. The van der Waals surface area contributed by atoms with Crippen molar-refractivity contribution >= 4 is 23.2 Å². The van der Waals surface area contributed by atoms with E-state index in [1.807, 2.05) is 39.9 Å². The van der Waals surface area contributed by atoms with Gasteiger partial charge in [-0.15, -0.1) is 0 Å². The fourth-order valence-electron chi connectivity index (χ4n) is 3.57. The number of carbonyl (C=O) groups excluding carboxylic acids is 1. The summed E-state index contributed by atoms with van der Waals surface area (Å²) in [5.74, 6) is -2.65. The van der Waals surface area contributed by atoms with E-state index in [4.69, 9.17) is 19.4 Å². The minimum atomic E-state index is -5.08. The largest absolute Gasteiger partial charge is 0.490 e. The molecule has 1 saturated carbocycles. The Kier molecular flexibility index (Phi) is 7.63. The normalized spacial score (nSPS) is 22.9. The summed E-state index contributed by atoms with van der Waals surface area (Å²) in [4.78, 5) is 27.9. The van der Waals surface area contributed by atoms with Crippen molar-refractivity contribution in [1.29, 1.82) is 0 Å². The first-order valence-corrected chi connectivity index (χ1v) is 10.5. The van der Waals surface area contributed by atoms with E-state index in [9.17, 15) is 18.0 Å². The molecule has 0 unspecified atom stereocenters. The molecule has 1 N–H and O–H groups in total. The van der Waals surface area contributed by atoms with Crippen LogP contribution in [0.25, 0.3) is 0 Å². The lowest BCUT2D eigenvalue weighted by Gasteiger charge is -2.39. The van der Waals surface area contributed by atoms with Gasteiger partial charge in [-0.3, -0.25) is 9.78 Å². The third-order valence-corrected chi connectivity index (χ3v) is 5.66. The number of fused-ring (bicyclic) bond motifs is 1. The minimum absolute atomic E-state index is 0.0232. The molecule has 2 fully saturated rings. The monoisotopic (exact) mass is 458 g/mol. The van der Waals surface area contributed by atoms with E-state index in [1.54, 1.807) is 17.5 Å². The van der Waals surface area contributed by atoms with Crippen molar-refractivity contribution < 1.29 is 37.3 Å². The summed E-state index contributed by atoms with van der Waals surface area (Å²) < 4.78 is 43.8. The van der Waals surface area contributed by atoms with E-state index < -0.39 is 12.1 Å². The van der Waals surface area contributed by atoms with Gasteiger partial charge in [0.25, 0.3) is 5.91 Å². The fourth-order valence-corrected chi connectivity index (χ4v) is 4.20. The number of carbonyl (C=O) groups is 2. The lowest BCUT2D eigenvalue weighted by atomic mass is 10.1. The number of ether oxygens (including phenoxy) is 2. The predicted octanol–water partition coefficient (Wildman–Crippen LogP) is 3.37. The molecule has 0 spiro atoms. The van der Waals surface area contributed by atoms with Gasteiger partial charge in [0, 0.05) is 18.1 Å². The molecule has 2 aromatic rings. The number of rotatable bonds is 4. The van der Waals surface area contributed by atoms with Crippen molar-refractivity contribution in [2.45, 2.75) is 43.9 Å². The van der Waals surface area contributed by atoms with Crippen LogP contribution in [0.2, 0.25) is 0 Å². The van der Waals surface area contributed by atoms with E-state index in [2.05, 4.69) is 4.98 Å². The van der Waals surface area contributed by atoms with Gasteiger partial charge in [-0.25, -0.2) is 4.79 Å². The molecule has 31 heavy (non-hydrogen) atoms. The average Bonchev–Trinajstić information content (AvgIpc) is 3.42. The van der Waals surface area contributed by atoms with Crippen molar-refractivity contribution in [2.24, 2.45) is 0 Å². The minimum Gasteiger partial charge on any atom is -0.475 e. The van der Waals surface area contributed by atoms with Crippen LogP contribution in [-0.2, 0) is 20.9 Å². The fraction of sp³-hybridized carbons (Fsp3) is 0.450. The second kappa shape index (κ2) is 10.2. The van der Waals surface area contributed by atoms with Crippen LogP contribution in [0.15, 0.2) is 41.2 Å². The van der Waals surface area contributed by atoms with Crippen molar-refractivity contribution in [3.05, 3.63) is 52.5 Å². The lowest BCUT2D eigenvalue weighted by Crippen LogP contribution is -2.53. The Morgan fingerprint density at radius 2 is 2.06 bits per heavy atom. The number of aromatic nitrogens is 1. The van der Waals surface area contributed by atoms with Gasteiger partial charge in [-0.1, -0.05) is 6.07 Å². The molecule has 7 nitrogen and oxygen atoms in total. The molecule has 3 atom stereocenters. The molecule has 11 heteroatoms. The summed E-state index contributed by atoms with van der Waals surface area (Å²) in [6.07, 6.45) is -1.49. The Labute approximate surface area is 180 Å². The maximum absolute atomic E-state index is 12.7. The van der Waals surface area contributed by atoms with Crippen LogP contribution in [0.5, 0.6) is 0 Å². The second-order valence-electron chi connectivity index (χ2n) is 6.96. The summed E-state index contributed by atoms with van der Waals surface area (Å²) in [5.41, 5.74) is 1.70. The summed E-state index contributed by atoms with van der Waals surface area (Å²) in [6, 6.07) is 7.82. The van der Waals surface area contributed by atoms with Gasteiger partial charge in [-0.2, -0.15) is 24.5 Å². The third-order valence-electron chi connectivity index (χ3n) is 4.98. The van der Waals surface area contributed by atoms with Gasteiger partial charge in [-0.05, 0) is 36.4 Å². The SMILES string of the molecule is O=C(O)C(F)(F)F.O=C(c1ccsc1)N1CCO[C@H]2[C@@H](OCc3ccccn3)CC[C@@H]21. The third kappa shape index (κ3) is 6.02. The van der Waals surface area contributed by atoms with Crippen molar-refractivity contribution in [1.82, 2.24) is 9.88 Å². The van der Waals surface area contributed by atoms with Gasteiger partial charge in [0.1, 0.15) is 6.10 Å². The van der Waals surface area contributed by atoms with E-state index in [0.717, 1.165) is 24.1 Å². The molecule has 1 aliphatic heterocycles. The molecule has 3 heterocycles. The van der Waals surface area contributed by atoms with E-state index >= 15 is 0 Å². The van der Waals surface area contributed by atoms with Crippen LogP contribution in [0.3, 0.4) is 0 Å². The van der Waals surface area contributed by atoms with Gasteiger partial charge in [0.2, 0.25) is 0 Å². The Morgan fingerprint density at radius 3 is 2.68 bits per heavy atom. The summed E-state index contributed by atoms with van der Waals surface area (Å²) in [6.45, 7) is 1.71. The molecular formula is C20H21F3N2O5S. The molecule has 1 amide bonds. The molecule has 0 aromatic carbocycles. The zero-order valence-electron chi connectivity index (χ0n) is 16.3. The maximum Gasteiger partial charge on any atom is 0.490 e. The number of nitrogens with zero attached hydrogens (tertiary/aromatic N) is 2. The number of pyridine rings is 1. The van der Waals surface area contributed by atoms with Crippen molar-refractivity contribution in [3.8, 4) is 0 Å². The Balaban J connectivity index is 0.000000339. The van der Waals surface area contributed by atoms with E-state index in [-0.39, 0.29) is 24.2 Å². The molecular weight excluding hydrogens is 437 g/mol. The van der Waals surface area contributed by atoms with Gasteiger partial charge >= 0.3 is 12.1 Å². The average molecular weight is 458 g/mol. The smallest absolute Gasteiger partial charge is 0.475 e. The molecule has 168 valence electrons. The van der Waals surface area contributed by atoms with Crippen molar-refractivity contribution in [3.63, 3.8) is 0 Å². The van der Waals surface area contributed by atoms with E-state index in [0.29, 0.717) is 19.8 Å². The Hall–Kier alpha value is -2.50. The van der Waals surface area contributed by atoms with Gasteiger partial charge in [0.05, 0.1) is 36.6 Å². The first-order chi connectivity index (χ1) is 14.8. The van der Waals surface area contributed by atoms with Crippen LogP contribution in [0.4, 0.5) is 13.2 Å². The number of amides is 1. The zero-order valence-corrected chi connectivity index (χ0v) is 17.1. The van der Waals surface area contributed by atoms with E-state index in [1.165, 1.54) is 0 Å².